The van der Waals surface area contributed by atoms with Crippen LogP contribution in [0.15, 0.2) is 54.6 Å². The van der Waals surface area contributed by atoms with Crippen molar-refractivity contribution in [3.8, 4) is 11.5 Å². The van der Waals surface area contributed by atoms with E-state index in [2.05, 4.69) is 5.32 Å². The van der Waals surface area contributed by atoms with E-state index in [1.54, 1.807) is 0 Å². The summed E-state index contributed by atoms with van der Waals surface area (Å²) >= 11 is 0. The summed E-state index contributed by atoms with van der Waals surface area (Å²) in [6.45, 7) is 2.80. The highest BCUT2D eigenvalue weighted by Crippen LogP contribution is 2.26. The van der Waals surface area contributed by atoms with E-state index in [4.69, 9.17) is 4.74 Å². The Bertz CT molecular complexity index is 510. The molecule has 3 nitrogen and oxygen atoms in total. The standard InChI is InChI=1S/C17H21NO2/c1-13(12-18-2)17(19)14-8-10-16(11-9-14)20-15-6-4-3-5-7-15/h3-11,13,17-19H,12H2,1-2H3. The lowest BCUT2D eigenvalue weighted by Gasteiger charge is -2.19. The molecular formula is C17H21NO2. The highest BCUT2D eigenvalue weighted by Gasteiger charge is 2.15. The molecule has 0 amide bonds. The molecule has 2 aromatic rings. The highest BCUT2D eigenvalue weighted by atomic mass is 16.5. The van der Waals surface area contributed by atoms with Crippen LogP contribution in [0.5, 0.6) is 11.5 Å². The van der Waals surface area contributed by atoms with Crippen molar-refractivity contribution in [1.29, 1.82) is 0 Å². The van der Waals surface area contributed by atoms with E-state index >= 15 is 0 Å². The molecular weight excluding hydrogens is 250 g/mol. The number of hydrogen-bond donors (Lipinski definition) is 2. The third-order valence-corrected chi connectivity index (χ3v) is 3.27. The number of aliphatic hydroxyl groups excluding tert-OH is 1. The van der Waals surface area contributed by atoms with Gasteiger partial charge in [-0.05, 0) is 42.8 Å². The molecule has 106 valence electrons. The Kier molecular flexibility index (Phi) is 5.16. The van der Waals surface area contributed by atoms with Crippen molar-refractivity contribution >= 4 is 0 Å². The number of para-hydroxylation sites is 1. The molecule has 2 atom stereocenters. The first-order valence-electron chi connectivity index (χ1n) is 6.86. The largest absolute Gasteiger partial charge is 0.457 e. The Hall–Kier alpha value is -1.84. The minimum Gasteiger partial charge on any atom is -0.457 e. The van der Waals surface area contributed by atoms with Gasteiger partial charge in [-0.2, -0.15) is 0 Å². The molecule has 0 radical (unpaired) electrons. The lowest BCUT2D eigenvalue weighted by atomic mass is 9.97. The maximum absolute atomic E-state index is 10.2. The molecule has 0 aliphatic carbocycles. The van der Waals surface area contributed by atoms with E-state index < -0.39 is 6.10 Å². The second-order valence-corrected chi connectivity index (χ2v) is 4.96. The Morgan fingerprint density at radius 1 is 1.00 bits per heavy atom. The number of benzene rings is 2. The van der Waals surface area contributed by atoms with E-state index in [0.717, 1.165) is 23.6 Å². The fourth-order valence-electron chi connectivity index (χ4n) is 2.12. The van der Waals surface area contributed by atoms with Crippen molar-refractivity contribution in [2.45, 2.75) is 13.0 Å². The van der Waals surface area contributed by atoms with Gasteiger partial charge >= 0.3 is 0 Å². The SMILES string of the molecule is CNCC(C)C(O)c1ccc(Oc2ccccc2)cc1. The normalized spacial score (nSPS) is 13.8. The fraction of sp³-hybridized carbons (Fsp3) is 0.294. The molecule has 20 heavy (non-hydrogen) atoms. The molecule has 2 aromatic carbocycles. The van der Waals surface area contributed by atoms with Crippen LogP contribution >= 0.6 is 0 Å². The molecule has 0 saturated carbocycles. The minimum absolute atomic E-state index is 0.167. The van der Waals surface area contributed by atoms with Crippen molar-refractivity contribution in [3.05, 3.63) is 60.2 Å². The Morgan fingerprint density at radius 3 is 2.20 bits per heavy atom. The predicted molar refractivity (Wildman–Crippen MR) is 81.0 cm³/mol. The van der Waals surface area contributed by atoms with Crippen molar-refractivity contribution in [2.75, 3.05) is 13.6 Å². The first-order valence-corrected chi connectivity index (χ1v) is 6.86. The summed E-state index contributed by atoms with van der Waals surface area (Å²) in [7, 11) is 1.89. The van der Waals surface area contributed by atoms with Crippen LogP contribution in [0.2, 0.25) is 0 Å². The maximum Gasteiger partial charge on any atom is 0.127 e. The number of ether oxygens (including phenoxy) is 1. The van der Waals surface area contributed by atoms with Gasteiger partial charge in [0, 0.05) is 6.54 Å². The van der Waals surface area contributed by atoms with Crippen LogP contribution in [0.4, 0.5) is 0 Å². The Morgan fingerprint density at radius 2 is 1.60 bits per heavy atom. The van der Waals surface area contributed by atoms with Gasteiger partial charge in [0.25, 0.3) is 0 Å². The van der Waals surface area contributed by atoms with Gasteiger partial charge in [-0.15, -0.1) is 0 Å². The minimum atomic E-state index is -0.465. The van der Waals surface area contributed by atoms with E-state index in [9.17, 15) is 5.11 Å². The van der Waals surface area contributed by atoms with Gasteiger partial charge in [-0.1, -0.05) is 37.3 Å². The first-order chi connectivity index (χ1) is 9.70. The van der Waals surface area contributed by atoms with Crippen LogP contribution in [0.3, 0.4) is 0 Å². The van der Waals surface area contributed by atoms with Crippen LogP contribution in [0.1, 0.15) is 18.6 Å². The summed E-state index contributed by atoms with van der Waals surface area (Å²) < 4.78 is 5.73. The van der Waals surface area contributed by atoms with Crippen LogP contribution < -0.4 is 10.1 Å². The summed E-state index contributed by atoms with van der Waals surface area (Å²) in [6.07, 6.45) is -0.465. The molecule has 2 N–H and O–H groups in total. The molecule has 0 bridgehead atoms. The summed E-state index contributed by atoms with van der Waals surface area (Å²) in [5, 5.41) is 13.3. The molecule has 2 unspecified atom stereocenters. The predicted octanol–water partition coefficient (Wildman–Crippen LogP) is 3.37. The molecule has 0 aromatic heterocycles. The van der Waals surface area contributed by atoms with Gasteiger partial charge in [0.2, 0.25) is 0 Å². The third kappa shape index (κ3) is 3.83. The van der Waals surface area contributed by atoms with E-state index in [-0.39, 0.29) is 5.92 Å². The molecule has 0 heterocycles. The van der Waals surface area contributed by atoms with Crippen LogP contribution in [-0.2, 0) is 0 Å². The summed E-state index contributed by atoms with van der Waals surface area (Å²) in [5.74, 6) is 1.75. The number of hydrogen-bond acceptors (Lipinski definition) is 3. The zero-order valence-corrected chi connectivity index (χ0v) is 11.9. The first kappa shape index (κ1) is 14.6. The van der Waals surface area contributed by atoms with E-state index in [1.807, 2.05) is 68.6 Å². The van der Waals surface area contributed by atoms with Gasteiger partial charge in [0.15, 0.2) is 0 Å². The second kappa shape index (κ2) is 7.08. The summed E-state index contributed by atoms with van der Waals surface area (Å²) in [4.78, 5) is 0. The average Bonchev–Trinajstić information content (AvgIpc) is 2.48. The zero-order chi connectivity index (χ0) is 14.4. The average molecular weight is 271 g/mol. The zero-order valence-electron chi connectivity index (χ0n) is 11.9. The third-order valence-electron chi connectivity index (χ3n) is 3.27. The van der Waals surface area contributed by atoms with Gasteiger partial charge in [-0.3, -0.25) is 0 Å². The van der Waals surface area contributed by atoms with Crippen LogP contribution in [0.25, 0.3) is 0 Å². The lowest BCUT2D eigenvalue weighted by molar-refractivity contribution is 0.118. The lowest BCUT2D eigenvalue weighted by Crippen LogP contribution is -2.22. The topological polar surface area (TPSA) is 41.5 Å². The fourth-order valence-corrected chi connectivity index (χ4v) is 2.12. The maximum atomic E-state index is 10.2. The highest BCUT2D eigenvalue weighted by molar-refractivity contribution is 5.33. The van der Waals surface area contributed by atoms with Crippen LogP contribution in [-0.4, -0.2) is 18.7 Å². The molecule has 0 saturated heterocycles. The quantitative estimate of drug-likeness (QED) is 0.846. The van der Waals surface area contributed by atoms with Crippen molar-refractivity contribution in [3.63, 3.8) is 0 Å². The molecule has 3 heteroatoms. The molecule has 0 aliphatic rings. The van der Waals surface area contributed by atoms with Gasteiger partial charge < -0.3 is 15.2 Å². The molecule has 0 aliphatic heterocycles. The van der Waals surface area contributed by atoms with Gasteiger partial charge in [0.1, 0.15) is 11.5 Å². The van der Waals surface area contributed by atoms with Crippen molar-refractivity contribution in [2.24, 2.45) is 5.92 Å². The molecule has 0 fully saturated rings. The Labute approximate surface area is 120 Å². The summed E-state index contributed by atoms with van der Waals surface area (Å²) in [6, 6.07) is 17.3. The van der Waals surface area contributed by atoms with Crippen molar-refractivity contribution in [1.82, 2.24) is 5.32 Å². The molecule has 2 rings (SSSR count). The molecule has 0 spiro atoms. The smallest absolute Gasteiger partial charge is 0.127 e. The van der Waals surface area contributed by atoms with Gasteiger partial charge in [0.05, 0.1) is 6.10 Å². The van der Waals surface area contributed by atoms with E-state index in [0.29, 0.717) is 0 Å². The summed E-state index contributed by atoms with van der Waals surface area (Å²) in [5.41, 5.74) is 0.910. The number of nitrogens with one attached hydrogen (secondary N) is 1. The van der Waals surface area contributed by atoms with Gasteiger partial charge in [-0.25, -0.2) is 0 Å². The van der Waals surface area contributed by atoms with E-state index in [1.165, 1.54) is 0 Å². The number of aliphatic hydroxyl groups is 1. The van der Waals surface area contributed by atoms with Crippen molar-refractivity contribution < 1.29 is 9.84 Å². The second-order valence-electron chi connectivity index (χ2n) is 4.96. The number of rotatable bonds is 6. The monoisotopic (exact) mass is 271 g/mol. The Balaban J connectivity index is 2.03. The van der Waals surface area contributed by atoms with Crippen LogP contribution in [0, 0.1) is 5.92 Å².